The molecule has 0 unspecified atom stereocenters. The first-order valence-electron chi connectivity index (χ1n) is 8.00. The minimum Gasteiger partial charge on any atom is -0.493 e. The molecule has 3 aromatic rings. The third-order valence-electron chi connectivity index (χ3n) is 4.17. The van der Waals surface area contributed by atoms with Crippen molar-refractivity contribution in [2.75, 3.05) is 20.8 Å². The highest BCUT2D eigenvalue weighted by Crippen LogP contribution is 2.35. The lowest BCUT2D eigenvalue weighted by atomic mass is 10.1. The normalized spacial score (nSPS) is 11.0. The number of rotatable bonds is 7. The number of fused-ring (bicyclic) bond motifs is 1. The van der Waals surface area contributed by atoms with E-state index in [9.17, 15) is 0 Å². The van der Waals surface area contributed by atoms with Crippen LogP contribution in [0.1, 0.15) is 11.1 Å². The molecule has 0 fully saturated rings. The molecule has 0 aliphatic heterocycles. The van der Waals surface area contributed by atoms with Gasteiger partial charge >= 0.3 is 0 Å². The minimum absolute atomic E-state index is 0.580. The van der Waals surface area contributed by atoms with Crippen LogP contribution in [0.4, 0.5) is 0 Å². The Morgan fingerprint density at radius 3 is 2.75 bits per heavy atom. The standard InChI is InChI=1S/C19H21ClN2O2/c1-23-18-10-13(9-16(20)19(18)24-2)11-21-8-7-14-12-22-17-6-4-3-5-15(14)17/h3-6,9-10,12,21-22H,7-8,11H2,1-2H3/p+1. The molecule has 0 aliphatic rings. The Bertz CT molecular complexity index is 829. The number of halogens is 1. The van der Waals surface area contributed by atoms with Gasteiger partial charge in [-0.25, -0.2) is 0 Å². The molecule has 0 saturated carbocycles. The zero-order valence-corrected chi connectivity index (χ0v) is 14.7. The molecule has 3 N–H and O–H groups in total. The maximum absolute atomic E-state index is 6.25. The summed E-state index contributed by atoms with van der Waals surface area (Å²) >= 11 is 6.25. The second-order valence-electron chi connectivity index (χ2n) is 5.70. The molecule has 0 radical (unpaired) electrons. The first-order valence-corrected chi connectivity index (χ1v) is 8.37. The van der Waals surface area contributed by atoms with E-state index >= 15 is 0 Å². The van der Waals surface area contributed by atoms with E-state index in [1.807, 2.05) is 12.1 Å². The molecule has 5 heteroatoms. The first-order chi connectivity index (χ1) is 11.7. The van der Waals surface area contributed by atoms with Crippen molar-refractivity contribution in [1.29, 1.82) is 0 Å². The molecule has 0 aliphatic carbocycles. The van der Waals surface area contributed by atoms with Gasteiger partial charge in [-0.3, -0.25) is 0 Å². The molecule has 0 saturated heterocycles. The van der Waals surface area contributed by atoms with Crippen LogP contribution in [0.25, 0.3) is 10.9 Å². The number of hydrogen-bond acceptors (Lipinski definition) is 2. The summed E-state index contributed by atoms with van der Waals surface area (Å²) in [5.74, 6) is 1.26. The van der Waals surface area contributed by atoms with Gasteiger partial charge in [-0.2, -0.15) is 0 Å². The molecular weight excluding hydrogens is 324 g/mol. The number of methoxy groups -OCH3 is 2. The van der Waals surface area contributed by atoms with Crippen molar-refractivity contribution < 1.29 is 14.8 Å². The van der Waals surface area contributed by atoms with Gasteiger partial charge in [-0.15, -0.1) is 0 Å². The lowest BCUT2D eigenvalue weighted by Crippen LogP contribution is -2.83. The number of nitrogens with two attached hydrogens (primary N) is 1. The maximum Gasteiger partial charge on any atom is 0.179 e. The number of nitrogens with one attached hydrogen (secondary N) is 1. The van der Waals surface area contributed by atoms with Crippen LogP contribution in [0.15, 0.2) is 42.6 Å². The second kappa shape index (κ2) is 7.60. The maximum atomic E-state index is 6.25. The predicted molar refractivity (Wildman–Crippen MR) is 97.1 cm³/mol. The SMILES string of the molecule is COc1cc(C[NH2+]CCc2c[nH]c3ccccc23)cc(Cl)c1OC. The molecule has 0 amide bonds. The molecular formula is C19H22ClN2O2+. The number of hydrogen-bond donors (Lipinski definition) is 2. The van der Waals surface area contributed by atoms with E-state index in [2.05, 4.69) is 40.8 Å². The number of aromatic amines is 1. The molecule has 24 heavy (non-hydrogen) atoms. The summed E-state index contributed by atoms with van der Waals surface area (Å²) in [6.07, 6.45) is 3.12. The lowest BCUT2D eigenvalue weighted by Gasteiger charge is -2.11. The quantitative estimate of drug-likeness (QED) is 0.646. The number of benzene rings is 2. The predicted octanol–water partition coefficient (Wildman–Crippen LogP) is 3.14. The number of ether oxygens (including phenoxy) is 2. The molecule has 1 aromatic heterocycles. The van der Waals surface area contributed by atoms with Crippen molar-refractivity contribution in [2.24, 2.45) is 0 Å². The van der Waals surface area contributed by atoms with Crippen molar-refractivity contribution in [3.8, 4) is 11.5 Å². The fraction of sp³-hybridized carbons (Fsp3) is 0.263. The Kier molecular flexibility index (Phi) is 5.28. The van der Waals surface area contributed by atoms with Crippen molar-refractivity contribution in [1.82, 2.24) is 4.98 Å². The average molecular weight is 346 g/mol. The van der Waals surface area contributed by atoms with E-state index in [0.29, 0.717) is 16.5 Å². The smallest absolute Gasteiger partial charge is 0.179 e. The van der Waals surface area contributed by atoms with Crippen LogP contribution in [0.5, 0.6) is 11.5 Å². The first kappa shape index (κ1) is 16.7. The van der Waals surface area contributed by atoms with Crippen LogP contribution < -0.4 is 14.8 Å². The zero-order valence-electron chi connectivity index (χ0n) is 13.9. The molecule has 3 rings (SSSR count). The molecule has 0 bridgehead atoms. The molecule has 2 aromatic carbocycles. The Balaban J connectivity index is 1.60. The fourth-order valence-electron chi connectivity index (χ4n) is 2.95. The number of aromatic nitrogens is 1. The summed E-state index contributed by atoms with van der Waals surface area (Å²) < 4.78 is 10.6. The van der Waals surface area contributed by atoms with Gasteiger partial charge < -0.3 is 19.8 Å². The third-order valence-corrected chi connectivity index (χ3v) is 4.45. The third kappa shape index (κ3) is 3.50. The van der Waals surface area contributed by atoms with E-state index in [4.69, 9.17) is 21.1 Å². The number of para-hydroxylation sites is 1. The average Bonchev–Trinajstić information content (AvgIpc) is 3.01. The monoisotopic (exact) mass is 345 g/mol. The van der Waals surface area contributed by atoms with Crippen molar-refractivity contribution in [2.45, 2.75) is 13.0 Å². The van der Waals surface area contributed by atoms with Crippen molar-refractivity contribution in [3.05, 3.63) is 58.7 Å². The fourth-order valence-corrected chi connectivity index (χ4v) is 3.26. The van der Waals surface area contributed by atoms with Gasteiger partial charge in [0, 0.05) is 29.1 Å². The lowest BCUT2D eigenvalue weighted by molar-refractivity contribution is -0.670. The van der Waals surface area contributed by atoms with Crippen molar-refractivity contribution >= 4 is 22.5 Å². The van der Waals surface area contributed by atoms with Crippen LogP contribution in [0, 0.1) is 0 Å². The van der Waals surface area contributed by atoms with E-state index in [0.717, 1.165) is 25.1 Å². The van der Waals surface area contributed by atoms with Gasteiger partial charge in [0.05, 0.1) is 25.8 Å². The number of H-pyrrole nitrogens is 1. The van der Waals surface area contributed by atoms with Crippen LogP contribution in [-0.2, 0) is 13.0 Å². The highest BCUT2D eigenvalue weighted by atomic mass is 35.5. The van der Waals surface area contributed by atoms with E-state index < -0.39 is 0 Å². The van der Waals surface area contributed by atoms with E-state index in [1.165, 1.54) is 16.5 Å². The van der Waals surface area contributed by atoms with Crippen LogP contribution >= 0.6 is 11.6 Å². The highest BCUT2D eigenvalue weighted by molar-refractivity contribution is 6.32. The largest absolute Gasteiger partial charge is 0.493 e. The van der Waals surface area contributed by atoms with Crippen LogP contribution in [0.2, 0.25) is 5.02 Å². The summed E-state index contributed by atoms with van der Waals surface area (Å²) in [5.41, 5.74) is 3.67. The van der Waals surface area contributed by atoms with Gasteiger partial charge in [0.1, 0.15) is 6.54 Å². The van der Waals surface area contributed by atoms with E-state index in [1.54, 1.807) is 14.2 Å². The van der Waals surface area contributed by atoms with Gasteiger partial charge in [0.15, 0.2) is 11.5 Å². The summed E-state index contributed by atoms with van der Waals surface area (Å²) in [7, 11) is 3.22. The van der Waals surface area contributed by atoms with E-state index in [-0.39, 0.29) is 0 Å². The summed E-state index contributed by atoms with van der Waals surface area (Å²) in [6, 6.07) is 12.3. The topological polar surface area (TPSA) is 50.9 Å². The number of quaternary nitrogens is 1. The van der Waals surface area contributed by atoms with Gasteiger partial charge in [0.25, 0.3) is 0 Å². The summed E-state index contributed by atoms with van der Waals surface area (Å²) in [4.78, 5) is 3.32. The Morgan fingerprint density at radius 2 is 1.96 bits per heavy atom. The van der Waals surface area contributed by atoms with Gasteiger partial charge in [-0.1, -0.05) is 29.8 Å². The van der Waals surface area contributed by atoms with Gasteiger partial charge in [0.2, 0.25) is 0 Å². The molecule has 0 atom stereocenters. The Labute approximate surface area is 146 Å². The molecule has 0 spiro atoms. The van der Waals surface area contributed by atoms with Crippen molar-refractivity contribution in [3.63, 3.8) is 0 Å². The van der Waals surface area contributed by atoms with Gasteiger partial charge in [-0.05, 0) is 23.8 Å². The highest BCUT2D eigenvalue weighted by Gasteiger charge is 2.11. The molecule has 126 valence electrons. The second-order valence-corrected chi connectivity index (χ2v) is 6.11. The molecule has 4 nitrogen and oxygen atoms in total. The minimum atomic E-state index is 0.580. The molecule has 1 heterocycles. The summed E-state index contributed by atoms with van der Waals surface area (Å²) in [5, 5.41) is 4.16. The zero-order chi connectivity index (χ0) is 16.9. The van der Waals surface area contributed by atoms with Crippen LogP contribution in [0.3, 0.4) is 0 Å². The van der Waals surface area contributed by atoms with Crippen LogP contribution in [-0.4, -0.2) is 25.7 Å². The summed E-state index contributed by atoms with van der Waals surface area (Å²) in [6.45, 7) is 1.86. The Hall–Kier alpha value is -2.17. The Morgan fingerprint density at radius 1 is 1.12 bits per heavy atom.